The molecule has 1 aromatic rings. The average Bonchev–Trinajstić information content (AvgIpc) is 2.29. The molecule has 2 rings (SSSR count). The quantitative estimate of drug-likeness (QED) is 0.850. The van der Waals surface area contributed by atoms with Crippen molar-refractivity contribution in [1.29, 1.82) is 0 Å². The van der Waals surface area contributed by atoms with Crippen molar-refractivity contribution in [2.24, 2.45) is 0 Å². The topological polar surface area (TPSA) is 21.3 Å². The van der Waals surface area contributed by atoms with Crippen LogP contribution in [-0.2, 0) is 0 Å². The van der Waals surface area contributed by atoms with Crippen LogP contribution >= 0.6 is 0 Å². The number of rotatable bonds is 3. The van der Waals surface area contributed by atoms with E-state index in [1.807, 2.05) is 6.92 Å². The molecule has 0 amide bonds. The summed E-state index contributed by atoms with van der Waals surface area (Å²) in [5, 5.41) is 3.42. The van der Waals surface area contributed by atoms with Gasteiger partial charge in [-0.2, -0.15) is 0 Å². The fourth-order valence-corrected chi connectivity index (χ4v) is 2.03. The van der Waals surface area contributed by atoms with Gasteiger partial charge < -0.3 is 10.1 Å². The van der Waals surface area contributed by atoms with Crippen LogP contribution in [0.1, 0.15) is 24.8 Å². The molecule has 0 bridgehead atoms. The van der Waals surface area contributed by atoms with Crippen LogP contribution in [0.15, 0.2) is 18.2 Å². The zero-order valence-electron chi connectivity index (χ0n) is 9.63. The maximum absolute atomic E-state index is 12.9. The van der Waals surface area contributed by atoms with Gasteiger partial charge in [0.2, 0.25) is 0 Å². The van der Waals surface area contributed by atoms with Crippen LogP contribution < -0.4 is 10.1 Å². The maximum atomic E-state index is 12.9. The molecule has 0 saturated carbocycles. The van der Waals surface area contributed by atoms with E-state index in [4.69, 9.17) is 4.74 Å². The van der Waals surface area contributed by atoms with Gasteiger partial charge in [0.25, 0.3) is 0 Å². The zero-order chi connectivity index (χ0) is 11.4. The van der Waals surface area contributed by atoms with Gasteiger partial charge in [-0.1, -0.05) is 6.42 Å². The summed E-state index contributed by atoms with van der Waals surface area (Å²) in [5.41, 5.74) is 0.857. The average molecular weight is 223 g/mol. The van der Waals surface area contributed by atoms with E-state index in [9.17, 15) is 4.39 Å². The summed E-state index contributed by atoms with van der Waals surface area (Å²) >= 11 is 0. The first-order chi connectivity index (χ1) is 7.75. The minimum Gasteiger partial charge on any atom is -0.492 e. The van der Waals surface area contributed by atoms with Crippen LogP contribution in [0.5, 0.6) is 5.75 Å². The van der Waals surface area contributed by atoms with E-state index in [0.29, 0.717) is 12.6 Å². The van der Waals surface area contributed by atoms with E-state index in [0.717, 1.165) is 17.9 Å². The van der Waals surface area contributed by atoms with Crippen molar-refractivity contribution in [1.82, 2.24) is 5.32 Å². The molecule has 3 heteroatoms. The molecule has 1 atom stereocenters. The number of hydrogen-bond acceptors (Lipinski definition) is 2. The molecule has 2 nitrogen and oxygen atoms in total. The largest absolute Gasteiger partial charge is 0.492 e. The monoisotopic (exact) mass is 223 g/mol. The van der Waals surface area contributed by atoms with E-state index >= 15 is 0 Å². The Bertz CT molecular complexity index is 348. The Morgan fingerprint density at radius 3 is 3.00 bits per heavy atom. The zero-order valence-corrected chi connectivity index (χ0v) is 9.63. The molecule has 1 aliphatic rings. The van der Waals surface area contributed by atoms with Gasteiger partial charge in [0.05, 0.1) is 0 Å². The lowest BCUT2D eigenvalue weighted by Crippen LogP contribution is -2.38. The van der Waals surface area contributed by atoms with Crippen LogP contribution in [0.25, 0.3) is 0 Å². The third-order valence-electron chi connectivity index (χ3n) is 2.99. The number of aryl methyl sites for hydroxylation is 1. The van der Waals surface area contributed by atoms with Gasteiger partial charge in [-0.15, -0.1) is 0 Å². The van der Waals surface area contributed by atoms with Crippen molar-refractivity contribution in [2.45, 2.75) is 32.2 Å². The van der Waals surface area contributed by atoms with Gasteiger partial charge in [-0.3, -0.25) is 0 Å². The van der Waals surface area contributed by atoms with Crippen molar-refractivity contribution >= 4 is 0 Å². The van der Waals surface area contributed by atoms with Crippen LogP contribution in [0.4, 0.5) is 4.39 Å². The molecular formula is C13H18FNO. The second-order valence-electron chi connectivity index (χ2n) is 4.37. The number of halogens is 1. The van der Waals surface area contributed by atoms with E-state index in [1.54, 1.807) is 6.07 Å². The second kappa shape index (κ2) is 5.30. The van der Waals surface area contributed by atoms with E-state index in [1.165, 1.54) is 31.4 Å². The van der Waals surface area contributed by atoms with E-state index < -0.39 is 0 Å². The molecule has 16 heavy (non-hydrogen) atoms. The molecular weight excluding hydrogens is 205 g/mol. The molecule has 1 unspecified atom stereocenters. The van der Waals surface area contributed by atoms with Crippen LogP contribution in [-0.4, -0.2) is 19.2 Å². The highest BCUT2D eigenvalue weighted by Gasteiger charge is 2.13. The fourth-order valence-electron chi connectivity index (χ4n) is 2.03. The summed E-state index contributed by atoms with van der Waals surface area (Å²) in [7, 11) is 0. The molecule has 88 valence electrons. The summed E-state index contributed by atoms with van der Waals surface area (Å²) in [6.45, 7) is 3.62. The third-order valence-corrected chi connectivity index (χ3v) is 2.99. The summed E-state index contributed by atoms with van der Waals surface area (Å²) in [5.74, 6) is 0.578. The SMILES string of the molecule is Cc1cc(F)ccc1OCC1CCCCN1. The molecule has 1 N–H and O–H groups in total. The summed E-state index contributed by atoms with van der Waals surface area (Å²) in [4.78, 5) is 0. The Balaban J connectivity index is 1.88. The van der Waals surface area contributed by atoms with Gasteiger partial charge >= 0.3 is 0 Å². The first kappa shape index (κ1) is 11.4. The Morgan fingerprint density at radius 2 is 2.31 bits per heavy atom. The van der Waals surface area contributed by atoms with Crippen molar-refractivity contribution in [3.63, 3.8) is 0 Å². The lowest BCUT2D eigenvalue weighted by molar-refractivity contribution is 0.237. The lowest BCUT2D eigenvalue weighted by atomic mass is 10.1. The van der Waals surface area contributed by atoms with Crippen LogP contribution in [0.2, 0.25) is 0 Å². The predicted molar refractivity (Wildman–Crippen MR) is 62.3 cm³/mol. The molecule has 0 aliphatic carbocycles. The summed E-state index contributed by atoms with van der Waals surface area (Å²) in [6, 6.07) is 5.09. The highest BCUT2D eigenvalue weighted by atomic mass is 19.1. The molecule has 1 aliphatic heterocycles. The predicted octanol–water partition coefficient (Wildman–Crippen LogP) is 2.66. The molecule has 0 radical (unpaired) electrons. The van der Waals surface area contributed by atoms with Gasteiger partial charge in [-0.25, -0.2) is 4.39 Å². The molecule has 0 aromatic heterocycles. The highest BCUT2D eigenvalue weighted by molar-refractivity contribution is 5.32. The number of hydrogen-bond donors (Lipinski definition) is 1. The highest BCUT2D eigenvalue weighted by Crippen LogP contribution is 2.19. The van der Waals surface area contributed by atoms with Crippen molar-refractivity contribution in [3.8, 4) is 5.75 Å². The standard InChI is InChI=1S/C13H18FNO/c1-10-8-11(14)5-6-13(10)16-9-12-4-2-3-7-15-12/h5-6,8,12,15H,2-4,7,9H2,1H3. The number of nitrogens with one attached hydrogen (secondary N) is 1. The first-order valence-electron chi connectivity index (χ1n) is 5.88. The number of piperidine rings is 1. The molecule has 1 aromatic carbocycles. The van der Waals surface area contributed by atoms with Gasteiger partial charge in [0.15, 0.2) is 0 Å². The smallest absolute Gasteiger partial charge is 0.123 e. The Morgan fingerprint density at radius 1 is 1.44 bits per heavy atom. The minimum atomic E-state index is -0.208. The Hall–Kier alpha value is -1.09. The van der Waals surface area contributed by atoms with Gasteiger partial charge in [0.1, 0.15) is 18.2 Å². The fraction of sp³-hybridized carbons (Fsp3) is 0.538. The van der Waals surface area contributed by atoms with Crippen molar-refractivity contribution in [3.05, 3.63) is 29.6 Å². The van der Waals surface area contributed by atoms with Crippen LogP contribution in [0, 0.1) is 12.7 Å². The van der Waals surface area contributed by atoms with Crippen molar-refractivity contribution in [2.75, 3.05) is 13.2 Å². The van der Waals surface area contributed by atoms with Gasteiger partial charge in [0, 0.05) is 6.04 Å². The third kappa shape index (κ3) is 2.95. The maximum Gasteiger partial charge on any atom is 0.123 e. The van der Waals surface area contributed by atoms with E-state index in [2.05, 4.69) is 5.32 Å². The molecule has 1 saturated heterocycles. The Labute approximate surface area is 95.8 Å². The molecule has 1 heterocycles. The lowest BCUT2D eigenvalue weighted by Gasteiger charge is -2.23. The molecule has 0 spiro atoms. The molecule has 1 fully saturated rings. The Kier molecular flexibility index (Phi) is 3.78. The van der Waals surface area contributed by atoms with Gasteiger partial charge in [-0.05, 0) is 50.1 Å². The number of ether oxygens (including phenoxy) is 1. The summed E-state index contributed by atoms with van der Waals surface area (Å²) < 4.78 is 18.6. The van der Waals surface area contributed by atoms with E-state index in [-0.39, 0.29) is 5.82 Å². The van der Waals surface area contributed by atoms with Crippen LogP contribution in [0.3, 0.4) is 0 Å². The number of benzene rings is 1. The summed E-state index contributed by atoms with van der Waals surface area (Å²) in [6.07, 6.45) is 3.69. The minimum absolute atomic E-state index is 0.208. The normalized spacial score (nSPS) is 20.8. The first-order valence-corrected chi connectivity index (χ1v) is 5.88. The van der Waals surface area contributed by atoms with Crippen molar-refractivity contribution < 1.29 is 9.13 Å². The second-order valence-corrected chi connectivity index (χ2v) is 4.37.